The van der Waals surface area contributed by atoms with Crippen molar-refractivity contribution in [2.75, 3.05) is 7.05 Å². The fraction of sp³-hybridized carbons (Fsp3) is 0.571. The third-order valence-electron chi connectivity index (χ3n) is 2.91. The van der Waals surface area contributed by atoms with Crippen LogP contribution in [0.5, 0.6) is 0 Å². The quantitative estimate of drug-likeness (QED) is 0.805. The summed E-state index contributed by atoms with van der Waals surface area (Å²) in [5.41, 5.74) is 1.02. The van der Waals surface area contributed by atoms with Gasteiger partial charge in [-0.05, 0) is 43.1 Å². The summed E-state index contributed by atoms with van der Waals surface area (Å²) in [6.45, 7) is 4.46. The average molecular weight is 302 g/mol. The van der Waals surface area contributed by atoms with Crippen molar-refractivity contribution in [3.63, 3.8) is 0 Å². The lowest BCUT2D eigenvalue weighted by Gasteiger charge is -2.17. The van der Waals surface area contributed by atoms with Crippen LogP contribution < -0.4 is 5.32 Å². The van der Waals surface area contributed by atoms with Crippen LogP contribution in [0.25, 0.3) is 0 Å². The van der Waals surface area contributed by atoms with Crippen LogP contribution in [0.4, 0.5) is 4.39 Å². The Labute approximate surface area is 112 Å². The Balaban J connectivity index is 2.65. The number of nitrogens with one attached hydrogen (secondary N) is 1. The Kier molecular flexibility index (Phi) is 6.14. The van der Waals surface area contributed by atoms with E-state index in [9.17, 15) is 4.39 Å². The Morgan fingerprint density at radius 1 is 1.24 bits per heavy atom. The molecule has 1 N–H and O–H groups in total. The van der Waals surface area contributed by atoms with Gasteiger partial charge in [-0.1, -0.05) is 42.6 Å². The van der Waals surface area contributed by atoms with Crippen LogP contribution in [0, 0.1) is 11.7 Å². The summed E-state index contributed by atoms with van der Waals surface area (Å²) < 4.78 is 14.1. The SMILES string of the molecule is CNC(CCCC(C)C)c1cc(F)cc(Br)c1. The minimum atomic E-state index is -0.182. The molecule has 0 saturated carbocycles. The molecule has 0 aliphatic carbocycles. The number of halogens is 2. The maximum atomic E-state index is 13.3. The predicted molar refractivity (Wildman–Crippen MR) is 74.6 cm³/mol. The number of hydrogen-bond donors (Lipinski definition) is 1. The fourth-order valence-corrected chi connectivity index (χ4v) is 2.47. The summed E-state index contributed by atoms with van der Waals surface area (Å²) in [4.78, 5) is 0. The van der Waals surface area contributed by atoms with Crippen molar-refractivity contribution in [3.05, 3.63) is 34.1 Å². The zero-order valence-corrected chi connectivity index (χ0v) is 12.3. The molecule has 0 aliphatic heterocycles. The van der Waals surface area contributed by atoms with Gasteiger partial charge < -0.3 is 5.32 Å². The monoisotopic (exact) mass is 301 g/mol. The van der Waals surface area contributed by atoms with Crippen LogP contribution in [0.3, 0.4) is 0 Å². The second-order valence-electron chi connectivity index (χ2n) is 4.87. The summed E-state index contributed by atoms with van der Waals surface area (Å²) in [5, 5.41) is 3.26. The largest absolute Gasteiger partial charge is 0.313 e. The molecule has 0 heterocycles. The molecule has 1 nitrogen and oxygen atoms in total. The van der Waals surface area contributed by atoms with Gasteiger partial charge in [-0.15, -0.1) is 0 Å². The molecule has 0 saturated heterocycles. The lowest BCUT2D eigenvalue weighted by Crippen LogP contribution is -2.16. The molecule has 0 aromatic heterocycles. The van der Waals surface area contributed by atoms with Crippen molar-refractivity contribution in [1.29, 1.82) is 0 Å². The maximum Gasteiger partial charge on any atom is 0.124 e. The second kappa shape index (κ2) is 7.12. The lowest BCUT2D eigenvalue weighted by atomic mass is 9.98. The molecule has 1 aromatic carbocycles. The summed E-state index contributed by atoms with van der Waals surface area (Å²) in [6, 6.07) is 5.33. The van der Waals surface area contributed by atoms with E-state index in [1.807, 2.05) is 13.1 Å². The minimum absolute atomic E-state index is 0.182. The van der Waals surface area contributed by atoms with Gasteiger partial charge >= 0.3 is 0 Å². The van der Waals surface area contributed by atoms with Crippen molar-refractivity contribution in [2.24, 2.45) is 5.92 Å². The van der Waals surface area contributed by atoms with Crippen LogP contribution >= 0.6 is 15.9 Å². The van der Waals surface area contributed by atoms with Crippen LogP contribution in [-0.4, -0.2) is 7.05 Å². The van der Waals surface area contributed by atoms with E-state index >= 15 is 0 Å². The third kappa shape index (κ3) is 5.17. The first-order chi connectivity index (χ1) is 8.02. The summed E-state index contributed by atoms with van der Waals surface area (Å²) in [6.07, 6.45) is 3.43. The van der Waals surface area contributed by atoms with Crippen LogP contribution in [0.15, 0.2) is 22.7 Å². The first-order valence-electron chi connectivity index (χ1n) is 6.16. The molecule has 0 fully saturated rings. The normalized spacial score (nSPS) is 13.1. The molecular weight excluding hydrogens is 281 g/mol. The van der Waals surface area contributed by atoms with Gasteiger partial charge in [-0.3, -0.25) is 0 Å². The second-order valence-corrected chi connectivity index (χ2v) is 5.78. The smallest absolute Gasteiger partial charge is 0.124 e. The van der Waals surface area contributed by atoms with Crippen LogP contribution in [0.1, 0.15) is 44.7 Å². The zero-order chi connectivity index (χ0) is 12.8. The molecule has 1 atom stereocenters. The first-order valence-corrected chi connectivity index (χ1v) is 6.95. The molecule has 0 aliphatic rings. The molecular formula is C14H21BrFN. The number of hydrogen-bond acceptors (Lipinski definition) is 1. The molecule has 17 heavy (non-hydrogen) atoms. The molecule has 0 radical (unpaired) electrons. The molecule has 1 unspecified atom stereocenters. The number of rotatable bonds is 6. The van der Waals surface area contributed by atoms with Gasteiger partial charge in [0.2, 0.25) is 0 Å². The molecule has 0 bridgehead atoms. The molecule has 0 amide bonds. The molecule has 1 rings (SSSR count). The van der Waals surface area contributed by atoms with Gasteiger partial charge in [0.25, 0.3) is 0 Å². The van der Waals surface area contributed by atoms with Gasteiger partial charge in [-0.2, -0.15) is 0 Å². The van der Waals surface area contributed by atoms with E-state index in [0.717, 1.165) is 28.8 Å². The first kappa shape index (κ1) is 14.7. The third-order valence-corrected chi connectivity index (χ3v) is 3.37. The maximum absolute atomic E-state index is 13.3. The summed E-state index contributed by atoms with van der Waals surface area (Å²) >= 11 is 3.33. The average Bonchev–Trinajstić information content (AvgIpc) is 2.22. The van der Waals surface area contributed by atoms with E-state index < -0.39 is 0 Å². The van der Waals surface area contributed by atoms with Crippen LogP contribution in [0.2, 0.25) is 0 Å². The van der Waals surface area contributed by atoms with E-state index in [4.69, 9.17) is 0 Å². The fourth-order valence-electron chi connectivity index (χ4n) is 1.98. The van der Waals surface area contributed by atoms with E-state index in [-0.39, 0.29) is 11.9 Å². The highest BCUT2D eigenvalue weighted by Gasteiger charge is 2.11. The van der Waals surface area contributed by atoms with Crippen molar-refractivity contribution in [1.82, 2.24) is 5.32 Å². The van der Waals surface area contributed by atoms with Crippen molar-refractivity contribution in [2.45, 2.75) is 39.2 Å². The predicted octanol–water partition coefficient (Wildman–Crippen LogP) is 4.68. The topological polar surface area (TPSA) is 12.0 Å². The molecule has 3 heteroatoms. The van der Waals surface area contributed by atoms with E-state index in [1.165, 1.54) is 12.5 Å². The molecule has 0 spiro atoms. The molecule has 96 valence electrons. The van der Waals surface area contributed by atoms with Crippen LogP contribution in [-0.2, 0) is 0 Å². The minimum Gasteiger partial charge on any atom is -0.313 e. The standard InChI is InChI=1S/C14H21BrFN/c1-10(2)5-4-6-14(17-3)11-7-12(15)9-13(16)8-11/h7-10,14,17H,4-6H2,1-3H3. The van der Waals surface area contributed by atoms with Gasteiger partial charge in [0, 0.05) is 10.5 Å². The highest BCUT2D eigenvalue weighted by molar-refractivity contribution is 9.10. The van der Waals surface area contributed by atoms with Crippen molar-refractivity contribution < 1.29 is 4.39 Å². The zero-order valence-electron chi connectivity index (χ0n) is 10.8. The highest BCUT2D eigenvalue weighted by Crippen LogP contribution is 2.24. The van der Waals surface area contributed by atoms with E-state index in [0.29, 0.717) is 0 Å². The van der Waals surface area contributed by atoms with E-state index in [1.54, 1.807) is 6.07 Å². The Bertz CT molecular complexity index is 332. The summed E-state index contributed by atoms with van der Waals surface area (Å²) in [7, 11) is 1.93. The number of benzene rings is 1. The Hall–Kier alpha value is -0.410. The molecule has 1 aromatic rings. The van der Waals surface area contributed by atoms with Gasteiger partial charge in [-0.25, -0.2) is 4.39 Å². The Morgan fingerprint density at radius 3 is 2.47 bits per heavy atom. The van der Waals surface area contributed by atoms with Crippen molar-refractivity contribution >= 4 is 15.9 Å². The highest BCUT2D eigenvalue weighted by atomic mass is 79.9. The van der Waals surface area contributed by atoms with Gasteiger partial charge in [0.15, 0.2) is 0 Å². The lowest BCUT2D eigenvalue weighted by molar-refractivity contribution is 0.468. The van der Waals surface area contributed by atoms with Crippen molar-refractivity contribution in [3.8, 4) is 0 Å². The Morgan fingerprint density at radius 2 is 1.94 bits per heavy atom. The summed E-state index contributed by atoms with van der Waals surface area (Å²) in [5.74, 6) is 0.547. The van der Waals surface area contributed by atoms with Gasteiger partial charge in [0.1, 0.15) is 5.82 Å². The van der Waals surface area contributed by atoms with E-state index in [2.05, 4.69) is 35.1 Å². The van der Waals surface area contributed by atoms with Gasteiger partial charge in [0.05, 0.1) is 0 Å².